The first kappa shape index (κ1) is 30.7. The fourth-order valence-electron chi connectivity index (χ4n) is 7.56. The molecule has 8 aromatic rings. The summed E-state index contributed by atoms with van der Waals surface area (Å²) in [6, 6.07) is 60.9. The van der Waals surface area contributed by atoms with E-state index >= 15 is 0 Å². The monoisotopic (exact) mass is 652 g/mol. The molecule has 0 unspecified atom stereocenters. The van der Waals surface area contributed by atoms with Crippen molar-refractivity contribution in [3.63, 3.8) is 0 Å². The fraction of sp³-hybridized carbons (Fsp3) is 0.0612. The predicted octanol–water partition coefficient (Wildman–Crippen LogP) is 12.8. The highest BCUT2D eigenvalue weighted by Crippen LogP contribution is 2.50. The van der Waals surface area contributed by atoms with E-state index in [0.717, 1.165) is 33.6 Å². The highest BCUT2D eigenvalue weighted by molar-refractivity contribution is 5.86. The van der Waals surface area contributed by atoms with Crippen molar-refractivity contribution in [3.05, 3.63) is 193 Å². The second kappa shape index (κ2) is 12.5. The molecule has 2 heterocycles. The predicted molar refractivity (Wildman–Crippen MR) is 212 cm³/mol. The van der Waals surface area contributed by atoms with Gasteiger partial charge < -0.3 is 0 Å². The first-order valence-corrected chi connectivity index (χ1v) is 17.6. The quantitative estimate of drug-likeness (QED) is 0.179. The molecule has 2 aromatic heterocycles. The molecule has 2 heteroatoms. The molecule has 6 aromatic carbocycles. The van der Waals surface area contributed by atoms with Crippen LogP contribution in [-0.4, -0.2) is 9.97 Å². The topological polar surface area (TPSA) is 25.8 Å². The van der Waals surface area contributed by atoms with Crippen molar-refractivity contribution in [2.45, 2.75) is 19.3 Å². The van der Waals surface area contributed by atoms with Crippen LogP contribution >= 0.6 is 0 Å². The van der Waals surface area contributed by atoms with Crippen LogP contribution in [0.2, 0.25) is 0 Å². The van der Waals surface area contributed by atoms with Crippen molar-refractivity contribution < 1.29 is 0 Å². The third kappa shape index (κ3) is 5.65. The Hall–Kier alpha value is -6.38. The molecular formula is C49H36N2. The molecule has 0 spiro atoms. The second-order valence-electron chi connectivity index (χ2n) is 13.9. The van der Waals surface area contributed by atoms with Gasteiger partial charge in [0.15, 0.2) is 0 Å². The summed E-state index contributed by atoms with van der Waals surface area (Å²) in [6.45, 7) is 4.67. The van der Waals surface area contributed by atoms with E-state index in [1.807, 2.05) is 12.4 Å². The van der Waals surface area contributed by atoms with Crippen LogP contribution < -0.4 is 0 Å². The van der Waals surface area contributed by atoms with Gasteiger partial charge in [0, 0.05) is 28.9 Å². The fourth-order valence-corrected chi connectivity index (χ4v) is 7.56. The van der Waals surface area contributed by atoms with Crippen molar-refractivity contribution in [1.29, 1.82) is 0 Å². The Labute approximate surface area is 299 Å². The number of benzene rings is 6. The van der Waals surface area contributed by atoms with E-state index in [1.54, 1.807) is 0 Å². The molecule has 1 aliphatic rings. The van der Waals surface area contributed by atoms with Crippen LogP contribution in [0.1, 0.15) is 25.0 Å². The van der Waals surface area contributed by atoms with E-state index in [1.165, 1.54) is 55.6 Å². The Morgan fingerprint density at radius 2 is 0.647 bits per heavy atom. The molecule has 1 aliphatic carbocycles. The first-order valence-electron chi connectivity index (χ1n) is 17.6. The van der Waals surface area contributed by atoms with Gasteiger partial charge in [-0.25, -0.2) is 0 Å². The van der Waals surface area contributed by atoms with Gasteiger partial charge in [0.1, 0.15) is 0 Å². The summed E-state index contributed by atoms with van der Waals surface area (Å²) >= 11 is 0. The molecule has 0 aliphatic heterocycles. The van der Waals surface area contributed by atoms with Gasteiger partial charge in [-0.2, -0.15) is 0 Å². The van der Waals surface area contributed by atoms with Crippen molar-refractivity contribution in [2.24, 2.45) is 0 Å². The molecule has 51 heavy (non-hydrogen) atoms. The van der Waals surface area contributed by atoms with Crippen LogP contribution in [0.5, 0.6) is 0 Å². The van der Waals surface area contributed by atoms with Gasteiger partial charge in [-0.3, -0.25) is 9.97 Å². The second-order valence-corrected chi connectivity index (χ2v) is 13.9. The van der Waals surface area contributed by atoms with E-state index in [-0.39, 0.29) is 5.41 Å². The van der Waals surface area contributed by atoms with Gasteiger partial charge >= 0.3 is 0 Å². The maximum Gasteiger partial charge on any atom is 0.0708 e. The van der Waals surface area contributed by atoms with Gasteiger partial charge in [-0.15, -0.1) is 0 Å². The first-order chi connectivity index (χ1) is 25.0. The summed E-state index contributed by atoms with van der Waals surface area (Å²) in [4.78, 5) is 9.64. The lowest BCUT2D eigenvalue weighted by Gasteiger charge is -2.22. The zero-order valence-corrected chi connectivity index (χ0v) is 28.7. The third-order valence-electron chi connectivity index (χ3n) is 10.4. The number of aromatic nitrogens is 2. The maximum absolute atomic E-state index is 4.82. The Kier molecular flexibility index (Phi) is 7.51. The van der Waals surface area contributed by atoms with Crippen LogP contribution in [0.25, 0.3) is 78.1 Å². The smallest absolute Gasteiger partial charge is 0.0708 e. The van der Waals surface area contributed by atoms with Crippen molar-refractivity contribution in [2.75, 3.05) is 0 Å². The molecular weight excluding hydrogens is 617 g/mol. The number of hydrogen-bond acceptors (Lipinski definition) is 2. The molecule has 0 amide bonds. The number of rotatable bonds is 6. The SMILES string of the molecule is CC1(C)c2cc(-c3cc(-c4ccc(-c5ccccc5)cc4)ccn3)ccc2-c2ccc(-c3cc(-c4ccc(-c5ccccc5)cc4)ccn3)cc21. The Morgan fingerprint density at radius 1 is 0.314 bits per heavy atom. The minimum absolute atomic E-state index is 0.174. The van der Waals surface area contributed by atoms with Crippen LogP contribution in [-0.2, 0) is 5.41 Å². The van der Waals surface area contributed by atoms with E-state index in [0.29, 0.717) is 0 Å². The molecule has 242 valence electrons. The minimum Gasteiger partial charge on any atom is -0.256 e. The standard InChI is InChI=1S/C49H36N2/c1-49(2)45-29-41(47-31-39(25-27-50-47)37-17-13-35(14-18-37)33-9-5-3-6-10-33)21-23-43(45)44-24-22-42(30-46(44)49)48-32-40(26-28-51-48)38-19-15-36(16-20-38)34-11-7-4-8-12-34/h3-32H,1-2H3. The van der Waals surface area contributed by atoms with Crippen LogP contribution in [0.15, 0.2) is 182 Å². The number of pyridine rings is 2. The van der Waals surface area contributed by atoms with Crippen LogP contribution in [0.4, 0.5) is 0 Å². The van der Waals surface area contributed by atoms with E-state index in [4.69, 9.17) is 9.97 Å². The van der Waals surface area contributed by atoms with Crippen molar-refractivity contribution >= 4 is 0 Å². The third-order valence-corrected chi connectivity index (χ3v) is 10.4. The van der Waals surface area contributed by atoms with E-state index in [2.05, 4.69) is 184 Å². The van der Waals surface area contributed by atoms with Crippen molar-refractivity contribution in [1.82, 2.24) is 9.97 Å². The Balaban J connectivity index is 0.994. The van der Waals surface area contributed by atoms with Crippen LogP contribution in [0.3, 0.4) is 0 Å². The molecule has 9 rings (SSSR count). The average molecular weight is 653 g/mol. The minimum atomic E-state index is -0.174. The van der Waals surface area contributed by atoms with Crippen LogP contribution in [0, 0.1) is 0 Å². The lowest BCUT2D eigenvalue weighted by molar-refractivity contribution is 0.661. The maximum atomic E-state index is 4.82. The molecule has 0 bridgehead atoms. The Morgan fingerprint density at radius 3 is 1.04 bits per heavy atom. The summed E-state index contributed by atoms with van der Waals surface area (Å²) in [7, 11) is 0. The molecule has 0 N–H and O–H groups in total. The zero-order chi connectivity index (χ0) is 34.4. The summed E-state index contributed by atoms with van der Waals surface area (Å²) < 4.78 is 0. The number of nitrogens with zero attached hydrogens (tertiary/aromatic N) is 2. The highest BCUT2D eigenvalue weighted by Gasteiger charge is 2.36. The van der Waals surface area contributed by atoms with Gasteiger partial charge in [-0.1, -0.05) is 147 Å². The van der Waals surface area contributed by atoms with Gasteiger partial charge in [0.2, 0.25) is 0 Å². The Bertz CT molecular complexity index is 2340. The number of fused-ring (bicyclic) bond motifs is 3. The molecule has 0 atom stereocenters. The van der Waals surface area contributed by atoms with Gasteiger partial charge in [-0.05, 0) is 103 Å². The summed E-state index contributed by atoms with van der Waals surface area (Å²) in [6.07, 6.45) is 3.85. The summed E-state index contributed by atoms with van der Waals surface area (Å²) in [5.74, 6) is 0. The van der Waals surface area contributed by atoms with E-state index < -0.39 is 0 Å². The summed E-state index contributed by atoms with van der Waals surface area (Å²) in [5.41, 5.74) is 18.8. The normalized spacial score (nSPS) is 12.7. The molecule has 2 nitrogen and oxygen atoms in total. The molecule has 0 radical (unpaired) electrons. The highest BCUT2D eigenvalue weighted by atomic mass is 14.7. The largest absolute Gasteiger partial charge is 0.256 e. The van der Waals surface area contributed by atoms with E-state index in [9.17, 15) is 0 Å². The average Bonchev–Trinajstić information content (AvgIpc) is 3.43. The molecule has 0 saturated carbocycles. The van der Waals surface area contributed by atoms with Gasteiger partial charge in [0.05, 0.1) is 11.4 Å². The lowest BCUT2D eigenvalue weighted by atomic mass is 9.81. The molecule has 0 fully saturated rings. The lowest BCUT2D eigenvalue weighted by Crippen LogP contribution is -2.15. The number of hydrogen-bond donors (Lipinski definition) is 0. The van der Waals surface area contributed by atoms with Gasteiger partial charge in [0.25, 0.3) is 0 Å². The molecule has 0 saturated heterocycles. The summed E-state index contributed by atoms with van der Waals surface area (Å²) in [5, 5.41) is 0. The zero-order valence-electron chi connectivity index (χ0n) is 28.7. The van der Waals surface area contributed by atoms with Crippen molar-refractivity contribution in [3.8, 4) is 78.1 Å².